The van der Waals surface area contributed by atoms with Gasteiger partial charge >= 0.3 is 5.97 Å². The van der Waals surface area contributed by atoms with Gasteiger partial charge in [0.1, 0.15) is 28.6 Å². The van der Waals surface area contributed by atoms with Gasteiger partial charge in [-0.3, -0.25) is 19.2 Å². The van der Waals surface area contributed by atoms with Crippen LogP contribution in [0.3, 0.4) is 0 Å². The first-order chi connectivity index (χ1) is 27.6. The molecule has 0 atom stereocenters. The summed E-state index contributed by atoms with van der Waals surface area (Å²) in [7, 11) is 0. The predicted octanol–water partition coefficient (Wildman–Crippen LogP) is 6.41. The van der Waals surface area contributed by atoms with Crippen molar-refractivity contribution in [2.75, 3.05) is 13.2 Å². The van der Waals surface area contributed by atoms with E-state index in [1.54, 1.807) is 86.2 Å². The van der Waals surface area contributed by atoms with Crippen LogP contribution in [0.25, 0.3) is 32.9 Å². The smallest absolute Gasteiger partial charge is 0.344 e. The molecule has 2 amide bonds. The molecule has 0 spiro atoms. The molecule has 58 heavy (non-hydrogen) atoms. The van der Waals surface area contributed by atoms with Crippen LogP contribution in [-0.2, 0) is 32.6 Å². The molecule has 14 heteroatoms. The van der Waals surface area contributed by atoms with Gasteiger partial charge in [-0.1, -0.05) is 48.5 Å². The Morgan fingerprint density at radius 2 is 0.983 bits per heavy atom. The molecule has 4 aromatic carbocycles. The zero-order chi connectivity index (χ0) is 41.9. The minimum Gasteiger partial charge on any atom is -0.493 e. The van der Waals surface area contributed by atoms with Gasteiger partial charge in [0.15, 0.2) is 20.1 Å². The molecule has 0 aliphatic rings. The van der Waals surface area contributed by atoms with E-state index in [4.69, 9.17) is 35.2 Å². The number of carbonyl (C=O) groups is 5. The normalized spacial score (nSPS) is 11.3. The van der Waals surface area contributed by atoms with Crippen LogP contribution in [0.5, 0.6) is 23.0 Å². The molecule has 0 fully saturated rings. The fourth-order valence-electron chi connectivity index (χ4n) is 6.92. The van der Waals surface area contributed by atoms with Gasteiger partial charge in [0.05, 0.1) is 39.5 Å². The van der Waals surface area contributed by atoms with Crippen LogP contribution in [0.4, 0.5) is 0 Å². The Kier molecular flexibility index (Phi) is 11.6. The van der Waals surface area contributed by atoms with Crippen LogP contribution >= 0.6 is 0 Å². The van der Waals surface area contributed by atoms with E-state index in [1.807, 2.05) is 49.4 Å². The summed E-state index contributed by atoms with van der Waals surface area (Å²) in [5, 5.41) is 0.765. The van der Waals surface area contributed by atoms with E-state index >= 15 is 0 Å². The Bertz CT molecular complexity index is 2590. The van der Waals surface area contributed by atoms with Crippen molar-refractivity contribution in [2.45, 2.75) is 60.6 Å². The molecule has 0 saturated carbocycles. The van der Waals surface area contributed by atoms with Crippen LogP contribution < -0.4 is 30.4 Å². The number of esters is 1. The number of hydrogen-bond donors (Lipinski definition) is 2. The highest BCUT2D eigenvalue weighted by atomic mass is 16.6. The van der Waals surface area contributed by atoms with E-state index in [9.17, 15) is 24.0 Å². The predicted molar refractivity (Wildman–Crippen MR) is 216 cm³/mol. The first-order valence-electron chi connectivity index (χ1n) is 18.5. The second-order valence-corrected chi connectivity index (χ2v) is 14.3. The molecule has 300 valence electrons. The molecule has 0 bridgehead atoms. The standard InChI is InChI=1S/C44H44N4O10/c1-7-54-33-20-12-16-29-38(33)36(40(50)42(45)52)25(2)47(29)23-56-31-18-10-8-14-27(31)28-15-9-11-19-32(28)57-24-48-26(3)37(41(51)43(46)53)39-30(48)17-13-21-34(39)55-22-35(49)58-44(4,5)6/h8-21H,7,22-24H2,1-6H3,(H2,45,52)(H2,46,53). The summed E-state index contributed by atoms with van der Waals surface area (Å²) in [4.78, 5) is 63.2. The van der Waals surface area contributed by atoms with E-state index in [-0.39, 0.29) is 30.3 Å². The summed E-state index contributed by atoms with van der Waals surface area (Å²) in [6, 6.07) is 25.1. The topological polar surface area (TPSA) is 193 Å². The van der Waals surface area contributed by atoms with E-state index in [2.05, 4.69) is 0 Å². The first-order valence-corrected chi connectivity index (χ1v) is 18.5. The fraction of sp³-hybridized carbons (Fsp3) is 0.250. The number of ketones is 2. The van der Waals surface area contributed by atoms with Crippen LogP contribution in [-0.4, -0.2) is 57.3 Å². The maximum absolute atomic E-state index is 13.3. The number of aromatic nitrogens is 2. The maximum Gasteiger partial charge on any atom is 0.344 e. The molecular formula is C44H44N4O10. The van der Waals surface area contributed by atoms with Gasteiger partial charge in [0.2, 0.25) is 0 Å². The van der Waals surface area contributed by atoms with Crippen molar-refractivity contribution in [3.63, 3.8) is 0 Å². The molecule has 4 N–H and O–H groups in total. The Hall–Kier alpha value is -7.09. The second-order valence-electron chi connectivity index (χ2n) is 14.3. The quantitative estimate of drug-likeness (QED) is 0.0629. The molecule has 2 aromatic heterocycles. The third kappa shape index (κ3) is 8.08. The summed E-state index contributed by atoms with van der Waals surface area (Å²) in [5.41, 5.74) is 13.8. The number of amides is 2. The monoisotopic (exact) mass is 788 g/mol. The Labute approximate surface area is 334 Å². The van der Waals surface area contributed by atoms with E-state index in [1.165, 1.54) is 0 Å². The minimum absolute atomic E-state index is 0.0276. The van der Waals surface area contributed by atoms with Crippen molar-refractivity contribution in [3.8, 4) is 34.1 Å². The number of fused-ring (bicyclic) bond motifs is 2. The molecule has 0 aliphatic carbocycles. The molecular weight excluding hydrogens is 745 g/mol. The molecule has 0 radical (unpaired) electrons. The number of primary amides is 2. The van der Waals surface area contributed by atoms with Crippen molar-refractivity contribution in [1.82, 2.24) is 9.13 Å². The SMILES string of the molecule is CCOc1cccc2c1c(C(=O)C(N)=O)c(C)n2COc1ccccc1-c1ccccc1OCn1c(C)c(C(=O)C(N)=O)c2c(OCC(=O)OC(C)(C)C)cccc21. The average molecular weight is 789 g/mol. The lowest BCUT2D eigenvalue weighted by atomic mass is 10.0. The molecule has 6 rings (SSSR count). The third-order valence-corrected chi connectivity index (χ3v) is 9.35. The summed E-state index contributed by atoms with van der Waals surface area (Å²) < 4.78 is 33.5. The van der Waals surface area contributed by atoms with Crippen LogP contribution in [0.2, 0.25) is 0 Å². The lowest BCUT2D eigenvalue weighted by Crippen LogP contribution is -2.27. The van der Waals surface area contributed by atoms with Gasteiger partial charge in [-0.05, 0) is 77.9 Å². The van der Waals surface area contributed by atoms with Gasteiger partial charge in [-0.25, -0.2) is 4.79 Å². The highest BCUT2D eigenvalue weighted by Crippen LogP contribution is 2.39. The Morgan fingerprint density at radius 3 is 1.40 bits per heavy atom. The summed E-state index contributed by atoms with van der Waals surface area (Å²) >= 11 is 0. The largest absolute Gasteiger partial charge is 0.493 e. The van der Waals surface area contributed by atoms with E-state index in [0.717, 1.165) is 0 Å². The first kappa shape index (κ1) is 40.6. The van der Waals surface area contributed by atoms with Gasteiger partial charge in [0.25, 0.3) is 23.4 Å². The number of Topliss-reactive ketones (excluding diaryl/α,β-unsaturated/α-hetero) is 2. The number of para-hydroxylation sites is 2. The number of ether oxygens (including phenoxy) is 5. The van der Waals surface area contributed by atoms with E-state index < -0.39 is 41.6 Å². The third-order valence-electron chi connectivity index (χ3n) is 9.35. The number of hydrogen-bond acceptors (Lipinski definition) is 10. The van der Waals surface area contributed by atoms with Crippen molar-refractivity contribution in [2.24, 2.45) is 11.5 Å². The van der Waals surface area contributed by atoms with Gasteiger partial charge in [0, 0.05) is 22.5 Å². The molecule has 0 aliphatic heterocycles. The van der Waals surface area contributed by atoms with Crippen molar-refractivity contribution < 1.29 is 47.7 Å². The highest BCUT2D eigenvalue weighted by molar-refractivity contribution is 6.45. The van der Waals surface area contributed by atoms with Crippen LogP contribution in [0, 0.1) is 13.8 Å². The fourth-order valence-corrected chi connectivity index (χ4v) is 6.92. The highest BCUT2D eigenvalue weighted by Gasteiger charge is 2.28. The molecule has 0 unspecified atom stereocenters. The average Bonchev–Trinajstić information content (AvgIpc) is 3.63. The van der Waals surface area contributed by atoms with Crippen molar-refractivity contribution in [1.29, 1.82) is 0 Å². The van der Waals surface area contributed by atoms with Gasteiger partial charge in [-0.15, -0.1) is 0 Å². The number of carbonyl (C=O) groups excluding carboxylic acids is 5. The molecule has 0 saturated heterocycles. The Balaban J connectivity index is 1.33. The number of nitrogens with two attached hydrogens (primary N) is 2. The summed E-state index contributed by atoms with van der Waals surface area (Å²) in [5.74, 6) is -3.00. The van der Waals surface area contributed by atoms with Crippen molar-refractivity contribution >= 4 is 51.2 Å². The second kappa shape index (κ2) is 16.6. The van der Waals surface area contributed by atoms with Crippen LogP contribution in [0.1, 0.15) is 59.8 Å². The van der Waals surface area contributed by atoms with Crippen molar-refractivity contribution in [3.05, 3.63) is 107 Å². The summed E-state index contributed by atoms with van der Waals surface area (Å²) in [6.45, 7) is 10.2. The number of nitrogens with zero attached hydrogens (tertiary/aromatic N) is 2. The Morgan fingerprint density at radius 1 is 0.569 bits per heavy atom. The van der Waals surface area contributed by atoms with Gasteiger partial charge < -0.3 is 44.3 Å². The lowest BCUT2D eigenvalue weighted by molar-refractivity contribution is -0.157. The molecule has 6 aromatic rings. The lowest BCUT2D eigenvalue weighted by Gasteiger charge is -2.19. The zero-order valence-electron chi connectivity index (χ0n) is 33.0. The number of benzene rings is 4. The minimum atomic E-state index is -1.15. The summed E-state index contributed by atoms with van der Waals surface area (Å²) in [6.07, 6.45) is 0. The maximum atomic E-state index is 13.3. The van der Waals surface area contributed by atoms with Crippen LogP contribution in [0.15, 0.2) is 84.9 Å². The molecule has 2 heterocycles. The van der Waals surface area contributed by atoms with E-state index in [0.29, 0.717) is 68.2 Å². The molecule has 14 nitrogen and oxygen atoms in total. The van der Waals surface area contributed by atoms with Gasteiger partial charge in [-0.2, -0.15) is 0 Å². The zero-order valence-corrected chi connectivity index (χ0v) is 33.0. The number of rotatable bonds is 16.